The minimum absolute atomic E-state index is 0.327. The Bertz CT molecular complexity index is 506. The number of rotatable bonds is 1. The van der Waals surface area contributed by atoms with Gasteiger partial charge in [0.15, 0.2) is 0 Å². The first-order valence-corrected chi connectivity index (χ1v) is 6.25. The van der Waals surface area contributed by atoms with Gasteiger partial charge >= 0.3 is 6.18 Å². The maximum atomic E-state index is 12.6. The van der Waals surface area contributed by atoms with Crippen LogP contribution in [0.5, 0.6) is 0 Å². The minimum Gasteiger partial charge on any atom is -0.166 e. The third-order valence-corrected chi connectivity index (χ3v) is 4.45. The van der Waals surface area contributed by atoms with Crippen LogP contribution < -0.4 is 0 Å². The summed E-state index contributed by atoms with van der Waals surface area (Å²) in [5.41, 5.74) is -0.515. The number of halogens is 3. The van der Waals surface area contributed by atoms with Gasteiger partial charge in [0.1, 0.15) is 0 Å². The number of hydrogen-bond acceptors (Lipinski definition) is 2. The highest BCUT2D eigenvalue weighted by atomic mass is 32.1. The highest BCUT2D eigenvalue weighted by Crippen LogP contribution is 2.41. The lowest BCUT2D eigenvalue weighted by Crippen LogP contribution is -2.04. The molecule has 0 aliphatic rings. The van der Waals surface area contributed by atoms with Crippen molar-refractivity contribution in [3.05, 3.63) is 33.5 Å². The van der Waals surface area contributed by atoms with Gasteiger partial charge in [0.2, 0.25) is 0 Å². The Labute approximate surface area is 99.4 Å². The SMILES string of the molecule is Cc1ccc(-c2cc(C(F)(F)F)c(C)s2)s1. The van der Waals surface area contributed by atoms with E-state index in [0.29, 0.717) is 9.75 Å². The number of hydrogen-bond donors (Lipinski definition) is 0. The van der Waals surface area contributed by atoms with Gasteiger partial charge in [0.05, 0.1) is 5.56 Å². The third kappa shape index (κ3) is 2.15. The zero-order chi connectivity index (χ0) is 11.9. The average Bonchev–Trinajstić information content (AvgIpc) is 2.70. The Balaban J connectivity index is 2.46. The second-order valence-electron chi connectivity index (χ2n) is 3.49. The van der Waals surface area contributed by atoms with Gasteiger partial charge in [-0.15, -0.1) is 22.7 Å². The van der Waals surface area contributed by atoms with Crippen LogP contribution in [0.15, 0.2) is 18.2 Å². The van der Waals surface area contributed by atoms with E-state index in [9.17, 15) is 13.2 Å². The smallest absolute Gasteiger partial charge is 0.166 e. The molecular formula is C11H9F3S2. The van der Waals surface area contributed by atoms with Gasteiger partial charge in [0, 0.05) is 19.5 Å². The third-order valence-electron chi connectivity index (χ3n) is 2.21. The molecule has 0 unspecified atom stereocenters. The van der Waals surface area contributed by atoms with Crippen molar-refractivity contribution in [3.63, 3.8) is 0 Å². The zero-order valence-electron chi connectivity index (χ0n) is 8.68. The van der Waals surface area contributed by atoms with Crippen LogP contribution in [0.1, 0.15) is 15.3 Å². The van der Waals surface area contributed by atoms with Crippen molar-refractivity contribution < 1.29 is 13.2 Å². The van der Waals surface area contributed by atoms with Crippen LogP contribution in [0.3, 0.4) is 0 Å². The van der Waals surface area contributed by atoms with Crippen LogP contribution in [0.2, 0.25) is 0 Å². The van der Waals surface area contributed by atoms with Crippen molar-refractivity contribution in [1.82, 2.24) is 0 Å². The van der Waals surface area contributed by atoms with Crippen LogP contribution in [0.4, 0.5) is 13.2 Å². The first-order valence-electron chi connectivity index (χ1n) is 4.62. The molecule has 0 aliphatic heterocycles. The summed E-state index contributed by atoms with van der Waals surface area (Å²) in [5, 5.41) is 0. The molecule has 5 heteroatoms. The highest BCUT2D eigenvalue weighted by Gasteiger charge is 2.34. The predicted octanol–water partition coefficient (Wildman–Crippen LogP) is 5.11. The molecular weight excluding hydrogens is 253 g/mol. The molecule has 0 spiro atoms. The van der Waals surface area contributed by atoms with Crippen LogP contribution >= 0.6 is 22.7 Å². The molecule has 16 heavy (non-hydrogen) atoms. The molecule has 2 rings (SSSR count). The molecule has 0 amide bonds. The summed E-state index contributed by atoms with van der Waals surface area (Å²) in [7, 11) is 0. The molecule has 0 atom stereocenters. The van der Waals surface area contributed by atoms with E-state index in [1.54, 1.807) is 0 Å². The van der Waals surface area contributed by atoms with Gasteiger partial charge < -0.3 is 0 Å². The standard InChI is InChI=1S/C11H9F3S2/c1-6-3-4-9(15-6)10-5-8(7(2)16-10)11(12,13)14/h3-5H,1-2H3. The van der Waals surface area contributed by atoms with E-state index in [4.69, 9.17) is 0 Å². The van der Waals surface area contributed by atoms with Crippen molar-refractivity contribution >= 4 is 22.7 Å². The topological polar surface area (TPSA) is 0 Å². The van der Waals surface area contributed by atoms with Gasteiger partial charge in [-0.05, 0) is 32.0 Å². The Morgan fingerprint density at radius 3 is 2.12 bits per heavy atom. The molecule has 86 valence electrons. The van der Waals surface area contributed by atoms with Crippen molar-refractivity contribution in [2.24, 2.45) is 0 Å². The lowest BCUT2D eigenvalue weighted by atomic mass is 10.2. The molecule has 0 N–H and O–H groups in total. The molecule has 2 heterocycles. The van der Waals surface area contributed by atoms with Crippen LogP contribution in [-0.4, -0.2) is 0 Å². The van der Waals surface area contributed by atoms with E-state index in [1.807, 2.05) is 19.1 Å². The fraction of sp³-hybridized carbons (Fsp3) is 0.273. The normalized spacial score (nSPS) is 12.1. The summed E-state index contributed by atoms with van der Waals surface area (Å²) < 4.78 is 37.8. The maximum Gasteiger partial charge on any atom is 0.417 e. The lowest BCUT2D eigenvalue weighted by Gasteiger charge is -2.03. The molecule has 0 saturated heterocycles. The largest absolute Gasteiger partial charge is 0.417 e. The van der Waals surface area contributed by atoms with E-state index >= 15 is 0 Å². The van der Waals surface area contributed by atoms with Gasteiger partial charge in [-0.3, -0.25) is 0 Å². The monoisotopic (exact) mass is 262 g/mol. The number of thiophene rings is 2. The Hall–Kier alpha value is -0.810. The quantitative estimate of drug-likeness (QED) is 0.669. The van der Waals surface area contributed by atoms with E-state index in [-0.39, 0.29) is 0 Å². The van der Waals surface area contributed by atoms with Crippen molar-refractivity contribution in [1.29, 1.82) is 0 Å². The molecule has 0 saturated carbocycles. The van der Waals surface area contributed by atoms with E-state index in [2.05, 4.69) is 0 Å². The minimum atomic E-state index is -4.24. The van der Waals surface area contributed by atoms with Gasteiger partial charge in [-0.25, -0.2) is 0 Å². The average molecular weight is 262 g/mol. The molecule has 2 aromatic rings. The molecule has 2 aromatic heterocycles. The Morgan fingerprint density at radius 1 is 1.00 bits per heavy atom. The first kappa shape index (κ1) is 11.7. The number of alkyl halides is 3. The van der Waals surface area contributed by atoms with E-state index in [1.165, 1.54) is 35.7 Å². The van der Waals surface area contributed by atoms with Crippen LogP contribution in [-0.2, 0) is 6.18 Å². The van der Waals surface area contributed by atoms with Crippen molar-refractivity contribution in [2.75, 3.05) is 0 Å². The summed E-state index contributed by atoms with van der Waals surface area (Å²) in [5.74, 6) is 0. The van der Waals surface area contributed by atoms with Gasteiger partial charge in [-0.1, -0.05) is 0 Å². The van der Waals surface area contributed by atoms with Crippen LogP contribution in [0.25, 0.3) is 9.75 Å². The molecule has 0 aromatic carbocycles. The lowest BCUT2D eigenvalue weighted by molar-refractivity contribution is -0.137. The van der Waals surface area contributed by atoms with Gasteiger partial charge in [-0.2, -0.15) is 13.2 Å². The Kier molecular flexibility index (Phi) is 2.84. The van der Waals surface area contributed by atoms with E-state index < -0.39 is 11.7 Å². The summed E-state index contributed by atoms with van der Waals surface area (Å²) in [6.45, 7) is 3.46. The van der Waals surface area contributed by atoms with Crippen molar-refractivity contribution in [3.8, 4) is 9.75 Å². The first-order chi connectivity index (χ1) is 7.38. The maximum absolute atomic E-state index is 12.6. The molecule has 0 nitrogen and oxygen atoms in total. The summed E-state index contributed by atoms with van der Waals surface area (Å²) in [4.78, 5) is 3.03. The van der Waals surface area contributed by atoms with E-state index in [0.717, 1.165) is 9.75 Å². The molecule has 0 bridgehead atoms. The fourth-order valence-corrected chi connectivity index (χ4v) is 3.44. The molecule has 0 aliphatic carbocycles. The second kappa shape index (κ2) is 3.89. The summed E-state index contributed by atoms with van der Waals surface area (Å²) in [6, 6.07) is 5.03. The Morgan fingerprint density at radius 2 is 1.69 bits per heavy atom. The van der Waals surface area contributed by atoms with Gasteiger partial charge in [0.25, 0.3) is 0 Å². The molecule has 0 radical (unpaired) electrons. The zero-order valence-corrected chi connectivity index (χ0v) is 10.3. The van der Waals surface area contributed by atoms with Crippen LogP contribution in [0, 0.1) is 13.8 Å². The summed E-state index contributed by atoms with van der Waals surface area (Å²) in [6.07, 6.45) is -4.24. The second-order valence-corrected chi connectivity index (χ2v) is 6.03. The predicted molar refractivity (Wildman–Crippen MR) is 62.1 cm³/mol. The molecule has 0 fully saturated rings. The fourth-order valence-electron chi connectivity index (χ4n) is 1.45. The number of aryl methyl sites for hydroxylation is 2. The van der Waals surface area contributed by atoms with Crippen molar-refractivity contribution in [2.45, 2.75) is 20.0 Å². The summed E-state index contributed by atoms with van der Waals surface area (Å²) >= 11 is 2.71. The highest BCUT2D eigenvalue weighted by molar-refractivity contribution is 7.22.